The van der Waals surface area contributed by atoms with Crippen LogP contribution in [0.3, 0.4) is 0 Å². The van der Waals surface area contributed by atoms with Crippen molar-refractivity contribution < 1.29 is 4.39 Å². The number of benzene rings is 2. The Hall–Kier alpha value is -2.40. The van der Waals surface area contributed by atoms with Gasteiger partial charge in [0, 0.05) is 26.2 Å². The van der Waals surface area contributed by atoms with Crippen molar-refractivity contribution in [1.82, 2.24) is 15.5 Å². The van der Waals surface area contributed by atoms with Gasteiger partial charge in [-0.05, 0) is 44.1 Å². The Kier molecular flexibility index (Phi) is 8.09. The van der Waals surface area contributed by atoms with Gasteiger partial charge in [0.2, 0.25) is 0 Å². The van der Waals surface area contributed by atoms with Crippen molar-refractivity contribution >= 4 is 5.96 Å². The van der Waals surface area contributed by atoms with Gasteiger partial charge in [-0.3, -0.25) is 4.99 Å². The number of nitrogens with zero attached hydrogens (tertiary/aromatic N) is 2. The van der Waals surface area contributed by atoms with Gasteiger partial charge in [0.15, 0.2) is 5.96 Å². The Bertz CT molecular complexity index is 685. The number of likely N-dealkylation sites (N-methyl/N-ethyl adjacent to an activating group) is 1. The van der Waals surface area contributed by atoms with Crippen molar-refractivity contribution in [2.75, 3.05) is 34.2 Å². The second-order valence-corrected chi connectivity index (χ2v) is 6.53. The molecule has 2 aromatic rings. The normalized spacial score (nSPS) is 12.9. The summed E-state index contributed by atoms with van der Waals surface area (Å²) in [5.41, 5.74) is 2.03. The summed E-state index contributed by atoms with van der Waals surface area (Å²) in [6.45, 7) is 1.41. The first-order chi connectivity index (χ1) is 12.6. The summed E-state index contributed by atoms with van der Waals surface area (Å²) in [5, 5.41) is 6.63. The summed E-state index contributed by atoms with van der Waals surface area (Å²) >= 11 is 0. The van der Waals surface area contributed by atoms with Crippen molar-refractivity contribution in [3.05, 3.63) is 71.5 Å². The number of aliphatic imine (C=N–C) groups is 1. The number of hydrogen-bond acceptors (Lipinski definition) is 2. The lowest BCUT2D eigenvalue weighted by molar-refractivity contribution is 0.290. The fraction of sp³-hybridized carbons (Fsp3) is 0.381. The van der Waals surface area contributed by atoms with Crippen LogP contribution in [-0.2, 0) is 12.8 Å². The minimum atomic E-state index is -0.159. The quantitative estimate of drug-likeness (QED) is 0.564. The van der Waals surface area contributed by atoms with Gasteiger partial charge in [-0.2, -0.15) is 0 Å². The van der Waals surface area contributed by atoms with E-state index in [9.17, 15) is 4.39 Å². The fourth-order valence-electron chi connectivity index (χ4n) is 2.78. The molecule has 0 saturated carbocycles. The molecule has 0 aliphatic carbocycles. The molecule has 0 radical (unpaired) electrons. The Balaban J connectivity index is 1.81. The first-order valence-electron chi connectivity index (χ1n) is 8.98. The molecule has 140 valence electrons. The van der Waals surface area contributed by atoms with Gasteiger partial charge < -0.3 is 15.5 Å². The maximum Gasteiger partial charge on any atom is 0.191 e. The Morgan fingerprint density at radius 3 is 2.38 bits per heavy atom. The molecule has 0 saturated heterocycles. The van der Waals surface area contributed by atoms with Crippen molar-refractivity contribution in [1.29, 1.82) is 0 Å². The number of nitrogens with one attached hydrogen (secondary N) is 2. The molecule has 2 aromatic carbocycles. The van der Waals surface area contributed by atoms with Gasteiger partial charge in [-0.15, -0.1) is 0 Å². The van der Waals surface area contributed by atoms with Crippen molar-refractivity contribution in [3.63, 3.8) is 0 Å². The average molecular weight is 356 g/mol. The zero-order valence-corrected chi connectivity index (χ0v) is 15.9. The molecule has 0 heterocycles. The fourth-order valence-corrected chi connectivity index (χ4v) is 2.78. The lowest BCUT2D eigenvalue weighted by Gasteiger charge is -2.25. The molecule has 2 rings (SSSR count). The highest BCUT2D eigenvalue weighted by molar-refractivity contribution is 5.79. The molecule has 5 heteroatoms. The lowest BCUT2D eigenvalue weighted by Crippen LogP contribution is -2.46. The zero-order chi connectivity index (χ0) is 18.8. The van der Waals surface area contributed by atoms with Gasteiger partial charge in [-0.1, -0.05) is 48.5 Å². The van der Waals surface area contributed by atoms with Gasteiger partial charge in [0.25, 0.3) is 0 Å². The van der Waals surface area contributed by atoms with Crippen LogP contribution in [0.4, 0.5) is 4.39 Å². The maximum atomic E-state index is 13.7. The molecule has 0 fully saturated rings. The van der Waals surface area contributed by atoms with E-state index in [0.29, 0.717) is 24.6 Å². The van der Waals surface area contributed by atoms with Crippen molar-refractivity contribution in [2.24, 2.45) is 4.99 Å². The van der Waals surface area contributed by atoms with Crippen LogP contribution in [0, 0.1) is 5.82 Å². The van der Waals surface area contributed by atoms with Crippen LogP contribution >= 0.6 is 0 Å². The van der Waals surface area contributed by atoms with Crippen LogP contribution < -0.4 is 10.6 Å². The summed E-state index contributed by atoms with van der Waals surface area (Å²) in [6, 6.07) is 17.7. The van der Waals surface area contributed by atoms with Gasteiger partial charge in [-0.25, -0.2) is 4.39 Å². The number of rotatable bonds is 8. The van der Waals surface area contributed by atoms with E-state index < -0.39 is 0 Å². The largest absolute Gasteiger partial charge is 0.356 e. The van der Waals surface area contributed by atoms with Crippen molar-refractivity contribution in [2.45, 2.75) is 18.9 Å². The molecule has 1 atom stereocenters. The summed E-state index contributed by atoms with van der Waals surface area (Å²) in [6.07, 6.45) is 1.58. The van der Waals surface area contributed by atoms with Crippen molar-refractivity contribution in [3.8, 4) is 0 Å². The van der Waals surface area contributed by atoms with Gasteiger partial charge in [0.05, 0.1) is 0 Å². The third-order valence-corrected chi connectivity index (χ3v) is 4.42. The molecular formula is C21H29FN4. The molecule has 0 spiro atoms. The first-order valence-corrected chi connectivity index (χ1v) is 8.98. The molecule has 2 N–H and O–H groups in total. The summed E-state index contributed by atoms with van der Waals surface area (Å²) in [4.78, 5) is 6.48. The zero-order valence-electron chi connectivity index (χ0n) is 15.9. The molecule has 0 aliphatic rings. The van der Waals surface area contributed by atoms with E-state index in [4.69, 9.17) is 0 Å². The van der Waals surface area contributed by atoms with Crippen LogP contribution in [0.5, 0.6) is 0 Å². The predicted octanol–water partition coefficient (Wildman–Crippen LogP) is 2.71. The van der Waals surface area contributed by atoms with E-state index in [0.717, 1.165) is 18.9 Å². The Morgan fingerprint density at radius 2 is 1.73 bits per heavy atom. The van der Waals surface area contributed by atoms with Crippen LogP contribution in [0.25, 0.3) is 0 Å². The molecular weight excluding hydrogens is 327 g/mol. The Labute approximate surface area is 156 Å². The summed E-state index contributed by atoms with van der Waals surface area (Å²) in [5.74, 6) is 0.578. The highest BCUT2D eigenvalue weighted by Crippen LogP contribution is 2.07. The van der Waals surface area contributed by atoms with E-state index >= 15 is 0 Å². The third-order valence-electron chi connectivity index (χ3n) is 4.42. The minimum absolute atomic E-state index is 0.159. The summed E-state index contributed by atoms with van der Waals surface area (Å²) < 4.78 is 13.7. The number of halogens is 1. The maximum absolute atomic E-state index is 13.7. The topological polar surface area (TPSA) is 39.7 Å². The molecule has 1 unspecified atom stereocenters. The van der Waals surface area contributed by atoms with Crippen LogP contribution in [0.15, 0.2) is 59.6 Å². The highest BCUT2D eigenvalue weighted by atomic mass is 19.1. The van der Waals surface area contributed by atoms with Crippen LogP contribution in [0.2, 0.25) is 0 Å². The smallest absolute Gasteiger partial charge is 0.191 e. The number of guanidine groups is 1. The lowest BCUT2D eigenvalue weighted by atomic mass is 10.1. The second kappa shape index (κ2) is 10.6. The molecule has 0 aromatic heterocycles. The Morgan fingerprint density at radius 1 is 1.04 bits per heavy atom. The number of hydrogen-bond donors (Lipinski definition) is 2. The van der Waals surface area contributed by atoms with Crippen LogP contribution in [0.1, 0.15) is 11.1 Å². The van der Waals surface area contributed by atoms with E-state index in [1.807, 2.05) is 18.2 Å². The third kappa shape index (κ3) is 6.48. The van der Waals surface area contributed by atoms with E-state index in [1.54, 1.807) is 13.1 Å². The average Bonchev–Trinajstić information content (AvgIpc) is 2.65. The van der Waals surface area contributed by atoms with Gasteiger partial charge >= 0.3 is 0 Å². The van der Waals surface area contributed by atoms with E-state index in [2.05, 4.69) is 58.9 Å². The molecule has 0 aliphatic heterocycles. The molecule has 0 amide bonds. The SMILES string of the molecule is CN=C(NCCc1ccccc1F)NCC(Cc1ccccc1)N(C)C. The molecule has 0 bridgehead atoms. The van der Waals surface area contributed by atoms with Crippen LogP contribution in [-0.4, -0.2) is 51.1 Å². The second-order valence-electron chi connectivity index (χ2n) is 6.53. The monoisotopic (exact) mass is 356 g/mol. The minimum Gasteiger partial charge on any atom is -0.356 e. The van der Waals surface area contributed by atoms with Gasteiger partial charge in [0.1, 0.15) is 5.82 Å². The molecule has 26 heavy (non-hydrogen) atoms. The van der Waals surface area contributed by atoms with E-state index in [-0.39, 0.29) is 5.82 Å². The van der Waals surface area contributed by atoms with E-state index in [1.165, 1.54) is 11.6 Å². The predicted molar refractivity (Wildman–Crippen MR) is 107 cm³/mol. The molecule has 4 nitrogen and oxygen atoms in total. The summed E-state index contributed by atoms with van der Waals surface area (Å²) in [7, 11) is 5.92. The first kappa shape index (κ1) is 19.9. The standard InChI is InChI=1S/C21H29FN4/c1-23-21(24-14-13-18-11-7-8-12-20(18)22)25-16-19(26(2)3)15-17-9-5-4-6-10-17/h4-12,19H,13-16H2,1-3H3,(H2,23,24,25). The highest BCUT2D eigenvalue weighted by Gasteiger charge is 2.13.